The number of carboxylic acids is 1. The predicted molar refractivity (Wildman–Crippen MR) is 71.8 cm³/mol. The third kappa shape index (κ3) is 3.47. The number of nitrogens with one attached hydrogen (secondary N) is 2. The van der Waals surface area contributed by atoms with E-state index in [-0.39, 0.29) is 17.9 Å². The van der Waals surface area contributed by atoms with Crippen LogP contribution in [0.3, 0.4) is 0 Å². The first-order valence-electron chi connectivity index (χ1n) is 7.30. The van der Waals surface area contributed by atoms with E-state index in [2.05, 4.69) is 10.6 Å². The van der Waals surface area contributed by atoms with Crippen molar-refractivity contribution >= 4 is 11.9 Å². The van der Waals surface area contributed by atoms with Crippen LogP contribution in [0.15, 0.2) is 0 Å². The molecule has 19 heavy (non-hydrogen) atoms. The molecule has 2 aliphatic rings. The van der Waals surface area contributed by atoms with Crippen LogP contribution in [0.5, 0.6) is 0 Å². The number of amides is 1. The Morgan fingerprint density at radius 1 is 1.21 bits per heavy atom. The van der Waals surface area contributed by atoms with Crippen molar-refractivity contribution in [1.82, 2.24) is 10.6 Å². The Morgan fingerprint density at radius 3 is 2.42 bits per heavy atom. The number of piperidine rings is 1. The largest absolute Gasteiger partial charge is 0.481 e. The molecule has 1 amide bonds. The smallest absolute Gasteiger partial charge is 0.306 e. The molecule has 0 aromatic rings. The molecule has 5 nitrogen and oxygen atoms in total. The van der Waals surface area contributed by atoms with Crippen molar-refractivity contribution in [2.24, 2.45) is 5.92 Å². The maximum Gasteiger partial charge on any atom is 0.306 e. The van der Waals surface area contributed by atoms with Crippen molar-refractivity contribution in [3.05, 3.63) is 0 Å². The molecule has 1 heterocycles. The molecular formula is C14H24N2O3. The minimum Gasteiger partial charge on any atom is -0.481 e. The minimum absolute atomic E-state index is 0.0750. The summed E-state index contributed by atoms with van der Waals surface area (Å²) in [4.78, 5) is 23.2. The Bertz CT molecular complexity index is 343. The lowest BCUT2D eigenvalue weighted by atomic mass is 9.85. The zero-order valence-electron chi connectivity index (χ0n) is 11.6. The van der Waals surface area contributed by atoms with Gasteiger partial charge in [-0.15, -0.1) is 0 Å². The Balaban J connectivity index is 1.82. The normalized spacial score (nSPS) is 35.6. The van der Waals surface area contributed by atoms with Crippen molar-refractivity contribution in [2.75, 3.05) is 6.54 Å². The predicted octanol–water partition coefficient (Wildman–Crippen LogP) is 1.28. The fourth-order valence-electron chi connectivity index (χ4n) is 3.08. The van der Waals surface area contributed by atoms with E-state index in [1.54, 1.807) is 0 Å². The lowest BCUT2D eigenvalue weighted by Crippen LogP contribution is -2.58. The van der Waals surface area contributed by atoms with Gasteiger partial charge in [-0.1, -0.05) is 0 Å². The third-order valence-electron chi connectivity index (χ3n) is 4.53. The summed E-state index contributed by atoms with van der Waals surface area (Å²) in [5.41, 5.74) is -0.443. The van der Waals surface area contributed by atoms with Crippen LogP contribution in [0, 0.1) is 5.92 Å². The maximum absolute atomic E-state index is 12.3. The molecule has 2 fully saturated rings. The van der Waals surface area contributed by atoms with Gasteiger partial charge in [-0.2, -0.15) is 0 Å². The van der Waals surface area contributed by atoms with Crippen molar-refractivity contribution in [3.63, 3.8) is 0 Å². The Hall–Kier alpha value is -1.10. The second-order valence-corrected chi connectivity index (χ2v) is 6.08. The third-order valence-corrected chi connectivity index (χ3v) is 4.53. The molecule has 0 aromatic heterocycles. The van der Waals surface area contributed by atoms with E-state index in [0.29, 0.717) is 12.8 Å². The molecule has 1 aliphatic heterocycles. The van der Waals surface area contributed by atoms with Gasteiger partial charge in [0.1, 0.15) is 0 Å². The monoisotopic (exact) mass is 268 g/mol. The first kappa shape index (κ1) is 14.3. The molecule has 0 radical (unpaired) electrons. The average Bonchev–Trinajstić information content (AvgIpc) is 2.40. The summed E-state index contributed by atoms with van der Waals surface area (Å²) in [6, 6.07) is 0.142. The van der Waals surface area contributed by atoms with Gasteiger partial charge in [-0.05, 0) is 58.4 Å². The number of carbonyl (C=O) groups is 2. The van der Waals surface area contributed by atoms with Crippen LogP contribution < -0.4 is 10.6 Å². The second-order valence-electron chi connectivity index (χ2n) is 6.08. The van der Waals surface area contributed by atoms with E-state index < -0.39 is 11.5 Å². The molecule has 1 saturated heterocycles. The first-order valence-corrected chi connectivity index (χ1v) is 7.30. The van der Waals surface area contributed by atoms with Crippen LogP contribution in [0.25, 0.3) is 0 Å². The van der Waals surface area contributed by atoms with Gasteiger partial charge in [0.2, 0.25) is 5.91 Å². The molecule has 0 aromatic carbocycles. The summed E-state index contributed by atoms with van der Waals surface area (Å²) in [5, 5.41) is 15.4. The van der Waals surface area contributed by atoms with Gasteiger partial charge in [0.05, 0.1) is 11.5 Å². The molecule has 1 unspecified atom stereocenters. The van der Waals surface area contributed by atoms with E-state index in [1.165, 1.54) is 0 Å². The molecule has 1 saturated carbocycles. The summed E-state index contributed by atoms with van der Waals surface area (Å²) >= 11 is 0. The van der Waals surface area contributed by atoms with Gasteiger partial charge in [-0.3, -0.25) is 9.59 Å². The van der Waals surface area contributed by atoms with E-state index in [4.69, 9.17) is 5.11 Å². The second kappa shape index (κ2) is 5.90. The highest BCUT2D eigenvalue weighted by Crippen LogP contribution is 2.25. The molecule has 2 rings (SSSR count). The molecule has 0 bridgehead atoms. The van der Waals surface area contributed by atoms with E-state index in [0.717, 1.165) is 38.6 Å². The van der Waals surface area contributed by atoms with Crippen molar-refractivity contribution in [3.8, 4) is 0 Å². The van der Waals surface area contributed by atoms with E-state index in [9.17, 15) is 9.59 Å². The molecule has 1 aliphatic carbocycles. The van der Waals surface area contributed by atoms with Gasteiger partial charge < -0.3 is 15.7 Å². The fraction of sp³-hybridized carbons (Fsp3) is 0.857. The minimum atomic E-state index is -0.703. The van der Waals surface area contributed by atoms with Crippen LogP contribution in [0.1, 0.15) is 51.9 Å². The summed E-state index contributed by atoms with van der Waals surface area (Å²) in [6.45, 7) is 2.86. The lowest BCUT2D eigenvalue weighted by Gasteiger charge is -2.36. The van der Waals surface area contributed by atoms with Gasteiger partial charge in [-0.25, -0.2) is 0 Å². The number of aliphatic carboxylic acids is 1. The van der Waals surface area contributed by atoms with Crippen molar-refractivity contribution < 1.29 is 14.7 Å². The number of hydrogen-bond acceptors (Lipinski definition) is 3. The van der Waals surface area contributed by atoms with Crippen molar-refractivity contribution in [1.29, 1.82) is 0 Å². The fourth-order valence-corrected chi connectivity index (χ4v) is 3.08. The Morgan fingerprint density at radius 2 is 1.89 bits per heavy atom. The zero-order chi connectivity index (χ0) is 13.9. The average molecular weight is 268 g/mol. The SMILES string of the molecule is CC1(C(=O)NC2CCC(C(=O)O)CC2)CCCCN1. The summed E-state index contributed by atoms with van der Waals surface area (Å²) < 4.78 is 0. The highest BCUT2D eigenvalue weighted by atomic mass is 16.4. The highest BCUT2D eigenvalue weighted by Gasteiger charge is 2.36. The van der Waals surface area contributed by atoms with Gasteiger partial charge in [0, 0.05) is 6.04 Å². The molecule has 3 N–H and O–H groups in total. The highest BCUT2D eigenvalue weighted by molar-refractivity contribution is 5.86. The molecule has 5 heteroatoms. The van der Waals surface area contributed by atoms with Crippen LogP contribution in [-0.4, -0.2) is 35.1 Å². The molecule has 108 valence electrons. The van der Waals surface area contributed by atoms with Crippen molar-refractivity contribution in [2.45, 2.75) is 63.5 Å². The van der Waals surface area contributed by atoms with E-state index in [1.807, 2.05) is 6.92 Å². The number of hydrogen-bond donors (Lipinski definition) is 3. The Kier molecular flexibility index (Phi) is 4.45. The van der Waals surface area contributed by atoms with Gasteiger partial charge in [0.25, 0.3) is 0 Å². The van der Waals surface area contributed by atoms with Crippen LogP contribution >= 0.6 is 0 Å². The van der Waals surface area contributed by atoms with Crippen LogP contribution in [0.4, 0.5) is 0 Å². The van der Waals surface area contributed by atoms with Crippen LogP contribution in [-0.2, 0) is 9.59 Å². The quantitative estimate of drug-likeness (QED) is 0.720. The standard InChI is InChI=1S/C14H24N2O3/c1-14(8-2-3-9-15-14)13(19)16-11-6-4-10(5-7-11)12(17)18/h10-11,15H,2-9H2,1H3,(H,16,19)(H,17,18). The van der Waals surface area contributed by atoms with E-state index >= 15 is 0 Å². The van der Waals surface area contributed by atoms with Gasteiger partial charge >= 0.3 is 5.97 Å². The lowest BCUT2D eigenvalue weighted by molar-refractivity contribution is -0.142. The van der Waals surface area contributed by atoms with Crippen LogP contribution in [0.2, 0.25) is 0 Å². The van der Waals surface area contributed by atoms with Gasteiger partial charge in [0.15, 0.2) is 0 Å². The molecule has 0 spiro atoms. The maximum atomic E-state index is 12.3. The Labute approximate surface area is 114 Å². The molecule has 1 atom stereocenters. The summed E-state index contributed by atoms with van der Waals surface area (Å²) in [6.07, 6.45) is 5.99. The number of carboxylic acid groups (broad SMARTS) is 1. The molecular weight excluding hydrogens is 244 g/mol. The number of rotatable bonds is 3. The number of carbonyl (C=O) groups excluding carboxylic acids is 1. The first-order chi connectivity index (χ1) is 9.01. The summed E-state index contributed by atoms with van der Waals surface area (Å²) in [5.74, 6) is -0.854. The summed E-state index contributed by atoms with van der Waals surface area (Å²) in [7, 11) is 0. The zero-order valence-corrected chi connectivity index (χ0v) is 11.6. The topological polar surface area (TPSA) is 78.4 Å².